The molecule has 0 bridgehead atoms. The van der Waals surface area contributed by atoms with Crippen LogP contribution in [0.3, 0.4) is 0 Å². The van der Waals surface area contributed by atoms with E-state index in [1.54, 1.807) is 5.56 Å². The van der Waals surface area contributed by atoms with Crippen molar-refractivity contribution in [1.29, 1.82) is 0 Å². The summed E-state index contributed by atoms with van der Waals surface area (Å²) >= 11 is 0. The molecule has 214 valence electrons. The summed E-state index contributed by atoms with van der Waals surface area (Å²) in [6.45, 7) is 8.20. The first-order valence-electron chi connectivity index (χ1n) is 12.7. The molecule has 10 heteroatoms. The van der Waals surface area contributed by atoms with Crippen molar-refractivity contribution in [2.45, 2.75) is 37.8 Å². The second kappa shape index (κ2) is 14.8. The van der Waals surface area contributed by atoms with Gasteiger partial charge in [0.15, 0.2) is 0 Å². The lowest BCUT2D eigenvalue weighted by atomic mass is 9.93. The van der Waals surface area contributed by atoms with Gasteiger partial charge in [0.05, 0.1) is 0 Å². The van der Waals surface area contributed by atoms with Gasteiger partial charge in [-0.1, -0.05) is 54.6 Å². The zero-order chi connectivity index (χ0) is 29.9. The number of likely N-dealkylation sites (N-methyl/N-ethyl adjacent to an activating group) is 1. The molecule has 1 fully saturated rings. The number of hydrogen-bond donors (Lipinski definition) is 4. The molecule has 1 aliphatic heterocycles. The van der Waals surface area contributed by atoms with E-state index in [0.717, 1.165) is 13.1 Å². The van der Waals surface area contributed by atoms with Gasteiger partial charge in [0, 0.05) is 61.4 Å². The van der Waals surface area contributed by atoms with Gasteiger partial charge >= 0.3 is 23.9 Å². The van der Waals surface area contributed by atoms with Crippen LogP contribution >= 0.6 is 0 Å². The SMILES string of the molecule is CN1CCN([C@@H]2C[C@@H](c3ccccc3)c3ccccc32)CC1(C)C.O=C(O)/C=C\C(=O)O.O=C(O)/C=C\C(=O)O. The maximum absolute atomic E-state index is 9.55. The molecule has 2 aliphatic rings. The molecule has 4 N–H and O–H groups in total. The summed E-state index contributed by atoms with van der Waals surface area (Å²) in [5, 5.41) is 31.2. The highest BCUT2D eigenvalue weighted by Gasteiger charge is 2.40. The number of rotatable bonds is 6. The highest BCUT2D eigenvalue weighted by Crippen LogP contribution is 2.47. The van der Waals surface area contributed by atoms with Gasteiger partial charge in [-0.15, -0.1) is 0 Å². The molecule has 1 aliphatic carbocycles. The topological polar surface area (TPSA) is 156 Å². The van der Waals surface area contributed by atoms with Crippen LogP contribution in [-0.2, 0) is 19.2 Å². The fraction of sp³-hybridized carbons (Fsp3) is 0.333. The summed E-state index contributed by atoms with van der Waals surface area (Å²) in [6.07, 6.45) is 3.44. The molecular weight excluding hydrogens is 516 g/mol. The maximum atomic E-state index is 9.55. The van der Waals surface area contributed by atoms with E-state index >= 15 is 0 Å². The lowest BCUT2D eigenvalue weighted by molar-refractivity contribution is -0.134. The largest absolute Gasteiger partial charge is 0.478 e. The summed E-state index contributed by atoms with van der Waals surface area (Å²) in [6, 6.07) is 20.7. The smallest absolute Gasteiger partial charge is 0.328 e. The second-order valence-electron chi connectivity index (χ2n) is 10.1. The van der Waals surface area contributed by atoms with Gasteiger partial charge in [-0.05, 0) is 44.0 Å². The predicted molar refractivity (Wildman–Crippen MR) is 149 cm³/mol. The quantitative estimate of drug-likeness (QED) is 0.390. The molecule has 1 heterocycles. The van der Waals surface area contributed by atoms with Crippen molar-refractivity contribution in [2.24, 2.45) is 0 Å². The molecule has 4 rings (SSSR count). The molecule has 0 spiro atoms. The third kappa shape index (κ3) is 9.79. The van der Waals surface area contributed by atoms with E-state index < -0.39 is 23.9 Å². The van der Waals surface area contributed by atoms with Gasteiger partial charge in [0.25, 0.3) is 0 Å². The number of fused-ring (bicyclic) bond motifs is 1. The van der Waals surface area contributed by atoms with Crippen molar-refractivity contribution in [3.63, 3.8) is 0 Å². The van der Waals surface area contributed by atoms with Crippen molar-refractivity contribution in [3.05, 3.63) is 95.6 Å². The van der Waals surface area contributed by atoms with Crippen molar-refractivity contribution in [2.75, 3.05) is 26.7 Å². The van der Waals surface area contributed by atoms with Crippen LogP contribution < -0.4 is 0 Å². The molecule has 0 amide bonds. The number of nitrogens with zero attached hydrogens (tertiary/aromatic N) is 2. The van der Waals surface area contributed by atoms with E-state index in [2.05, 4.69) is 85.3 Å². The molecule has 0 radical (unpaired) electrons. The van der Waals surface area contributed by atoms with Crippen LogP contribution in [0.5, 0.6) is 0 Å². The summed E-state index contributed by atoms with van der Waals surface area (Å²) < 4.78 is 0. The molecule has 0 aromatic heterocycles. The van der Waals surface area contributed by atoms with Crippen molar-refractivity contribution < 1.29 is 39.6 Å². The van der Waals surface area contributed by atoms with Gasteiger partial charge in [-0.3, -0.25) is 9.80 Å². The molecule has 2 atom stereocenters. The Balaban J connectivity index is 0.000000290. The van der Waals surface area contributed by atoms with E-state index in [9.17, 15) is 19.2 Å². The van der Waals surface area contributed by atoms with Crippen LogP contribution in [0.4, 0.5) is 0 Å². The minimum absolute atomic E-state index is 0.248. The Morgan fingerprint density at radius 2 is 1.18 bits per heavy atom. The Kier molecular flexibility index (Phi) is 11.8. The standard InChI is InChI=1S/C22H28N2.2C4H4O4/c1-22(2)16-24(14-13-23(22)3)21-15-20(17-9-5-4-6-10-17)18-11-7-8-12-19(18)21;2*5-3(6)1-2-4(7)8/h4-12,20-21H,13-16H2,1-3H3;2*1-2H,(H,5,6)(H,7,8)/b;2*2-1-/t20-,21+;;/m0../s1. The van der Waals surface area contributed by atoms with Crippen molar-refractivity contribution in [3.8, 4) is 0 Å². The summed E-state index contributed by atoms with van der Waals surface area (Å²) in [7, 11) is 2.26. The van der Waals surface area contributed by atoms with E-state index in [1.807, 2.05) is 0 Å². The first-order chi connectivity index (χ1) is 18.8. The zero-order valence-corrected chi connectivity index (χ0v) is 22.8. The molecule has 0 unspecified atom stereocenters. The zero-order valence-electron chi connectivity index (χ0n) is 22.8. The Hall–Kier alpha value is -4.28. The average Bonchev–Trinajstić information content (AvgIpc) is 3.29. The van der Waals surface area contributed by atoms with E-state index in [-0.39, 0.29) is 5.54 Å². The van der Waals surface area contributed by atoms with Gasteiger partial charge in [-0.25, -0.2) is 19.2 Å². The fourth-order valence-corrected chi connectivity index (χ4v) is 4.78. The lowest BCUT2D eigenvalue weighted by Gasteiger charge is -2.47. The number of carbonyl (C=O) groups is 4. The number of carboxylic acids is 4. The highest BCUT2D eigenvalue weighted by atomic mass is 16.4. The first-order valence-corrected chi connectivity index (χ1v) is 12.7. The molecule has 1 saturated heterocycles. The van der Waals surface area contributed by atoms with E-state index in [0.29, 0.717) is 36.3 Å². The van der Waals surface area contributed by atoms with Crippen LogP contribution in [0.2, 0.25) is 0 Å². The van der Waals surface area contributed by atoms with Crippen molar-refractivity contribution >= 4 is 23.9 Å². The third-order valence-corrected chi connectivity index (χ3v) is 6.92. The molecule has 2 aromatic rings. The Bertz CT molecular complexity index is 1170. The summed E-state index contributed by atoms with van der Waals surface area (Å²) in [5.74, 6) is -4.49. The first kappa shape index (κ1) is 31.9. The van der Waals surface area contributed by atoms with Crippen LogP contribution in [0.15, 0.2) is 78.9 Å². The number of aliphatic carboxylic acids is 4. The molecule has 10 nitrogen and oxygen atoms in total. The summed E-state index contributed by atoms with van der Waals surface area (Å²) in [4.78, 5) is 43.4. The Labute approximate surface area is 233 Å². The van der Waals surface area contributed by atoms with Crippen LogP contribution in [0.1, 0.15) is 48.9 Å². The molecule has 2 aromatic carbocycles. The minimum atomic E-state index is -1.26. The molecule has 0 saturated carbocycles. The summed E-state index contributed by atoms with van der Waals surface area (Å²) in [5.41, 5.74) is 4.79. The number of benzene rings is 2. The van der Waals surface area contributed by atoms with Gasteiger partial charge < -0.3 is 20.4 Å². The van der Waals surface area contributed by atoms with E-state index in [4.69, 9.17) is 20.4 Å². The number of piperazine rings is 1. The van der Waals surface area contributed by atoms with Crippen LogP contribution in [-0.4, -0.2) is 86.3 Å². The Morgan fingerprint density at radius 1 is 0.725 bits per heavy atom. The highest BCUT2D eigenvalue weighted by molar-refractivity contribution is 5.90. The fourth-order valence-electron chi connectivity index (χ4n) is 4.78. The van der Waals surface area contributed by atoms with Gasteiger partial charge in [0.2, 0.25) is 0 Å². The number of carboxylic acid groups (broad SMARTS) is 4. The normalized spacial score (nSPS) is 20.1. The Morgan fingerprint density at radius 3 is 1.62 bits per heavy atom. The van der Waals surface area contributed by atoms with Crippen LogP contribution in [0, 0.1) is 0 Å². The average molecular weight is 553 g/mol. The second-order valence-corrected chi connectivity index (χ2v) is 10.1. The molecule has 40 heavy (non-hydrogen) atoms. The lowest BCUT2D eigenvalue weighted by Crippen LogP contribution is -2.58. The minimum Gasteiger partial charge on any atom is -0.478 e. The molecular formula is C30H36N2O8. The monoisotopic (exact) mass is 552 g/mol. The van der Waals surface area contributed by atoms with Crippen molar-refractivity contribution in [1.82, 2.24) is 9.80 Å². The van der Waals surface area contributed by atoms with Gasteiger partial charge in [0.1, 0.15) is 0 Å². The number of hydrogen-bond acceptors (Lipinski definition) is 6. The van der Waals surface area contributed by atoms with Gasteiger partial charge in [-0.2, -0.15) is 0 Å². The maximum Gasteiger partial charge on any atom is 0.328 e. The predicted octanol–water partition coefficient (Wildman–Crippen LogP) is 3.71. The van der Waals surface area contributed by atoms with Crippen LogP contribution in [0.25, 0.3) is 0 Å². The van der Waals surface area contributed by atoms with E-state index in [1.165, 1.54) is 24.1 Å². The third-order valence-electron chi connectivity index (χ3n) is 6.92.